The van der Waals surface area contributed by atoms with Gasteiger partial charge < -0.3 is 16.0 Å². The van der Waals surface area contributed by atoms with E-state index in [1.165, 1.54) is 5.56 Å². The van der Waals surface area contributed by atoms with E-state index in [-0.39, 0.29) is 11.9 Å². The Morgan fingerprint density at radius 1 is 1.27 bits per heavy atom. The van der Waals surface area contributed by atoms with Crippen molar-refractivity contribution in [3.05, 3.63) is 53.2 Å². The average molecular weight is 353 g/mol. The van der Waals surface area contributed by atoms with Crippen LogP contribution in [-0.4, -0.2) is 41.8 Å². The number of nitrogens with one attached hydrogen (secondary N) is 1. The molecule has 6 nitrogen and oxygen atoms in total. The molecule has 0 saturated carbocycles. The Morgan fingerprint density at radius 3 is 2.69 bits per heavy atom. The van der Waals surface area contributed by atoms with Crippen LogP contribution in [0.4, 0.5) is 5.82 Å². The van der Waals surface area contributed by atoms with Gasteiger partial charge in [0.05, 0.1) is 12.1 Å². The molecule has 1 unspecified atom stereocenters. The molecule has 1 aromatic heterocycles. The van der Waals surface area contributed by atoms with Crippen LogP contribution < -0.4 is 16.0 Å². The zero-order chi connectivity index (χ0) is 18.5. The lowest BCUT2D eigenvalue weighted by Gasteiger charge is -2.17. The molecule has 1 aliphatic rings. The summed E-state index contributed by atoms with van der Waals surface area (Å²) in [5.41, 5.74) is 8.84. The number of hydrogen-bond acceptors (Lipinski definition) is 5. The predicted molar refractivity (Wildman–Crippen MR) is 103 cm³/mol. The molecule has 2 atom stereocenters. The van der Waals surface area contributed by atoms with E-state index in [1.54, 1.807) is 0 Å². The van der Waals surface area contributed by atoms with Crippen molar-refractivity contribution in [2.24, 2.45) is 5.73 Å². The Labute approximate surface area is 154 Å². The molecule has 26 heavy (non-hydrogen) atoms. The van der Waals surface area contributed by atoms with Crippen LogP contribution >= 0.6 is 0 Å². The molecule has 3 N–H and O–H groups in total. The van der Waals surface area contributed by atoms with E-state index in [9.17, 15) is 4.79 Å². The molecule has 1 fully saturated rings. The van der Waals surface area contributed by atoms with Gasteiger partial charge in [0.25, 0.3) is 0 Å². The first-order chi connectivity index (χ1) is 12.5. The van der Waals surface area contributed by atoms with E-state index in [4.69, 9.17) is 5.73 Å². The lowest BCUT2D eigenvalue weighted by molar-refractivity contribution is -0.121. The van der Waals surface area contributed by atoms with Crippen molar-refractivity contribution in [3.8, 4) is 0 Å². The van der Waals surface area contributed by atoms with E-state index in [0.717, 1.165) is 36.6 Å². The molecule has 1 aliphatic heterocycles. The van der Waals surface area contributed by atoms with E-state index in [1.807, 2.05) is 31.2 Å². The Bertz CT molecular complexity index is 729. The molecule has 0 aliphatic carbocycles. The average Bonchev–Trinajstić information content (AvgIpc) is 3.10. The first-order valence-corrected chi connectivity index (χ1v) is 9.18. The van der Waals surface area contributed by atoms with Gasteiger partial charge >= 0.3 is 0 Å². The van der Waals surface area contributed by atoms with Crippen LogP contribution in [-0.2, 0) is 11.2 Å². The molecule has 2 aromatic rings. The molecule has 2 heterocycles. The minimum Gasteiger partial charge on any atom is -0.353 e. The summed E-state index contributed by atoms with van der Waals surface area (Å²) < 4.78 is 0. The van der Waals surface area contributed by atoms with Crippen LogP contribution in [0.3, 0.4) is 0 Å². The number of carbonyl (C=O) groups excluding carboxylic acids is 1. The number of anilines is 1. The third-order valence-corrected chi connectivity index (χ3v) is 4.93. The highest BCUT2D eigenvalue weighted by atomic mass is 16.1. The van der Waals surface area contributed by atoms with Crippen molar-refractivity contribution in [2.75, 3.05) is 24.5 Å². The molecule has 1 aromatic carbocycles. The highest BCUT2D eigenvalue weighted by molar-refractivity contribution is 5.79. The number of benzene rings is 1. The maximum atomic E-state index is 12.4. The minimum atomic E-state index is 0.0615. The van der Waals surface area contributed by atoms with Crippen molar-refractivity contribution in [2.45, 2.75) is 38.6 Å². The lowest BCUT2D eigenvalue weighted by atomic mass is 9.99. The second-order valence-corrected chi connectivity index (χ2v) is 7.09. The molecule has 6 heteroatoms. The minimum absolute atomic E-state index is 0.0615. The van der Waals surface area contributed by atoms with Crippen molar-refractivity contribution < 1.29 is 4.79 Å². The van der Waals surface area contributed by atoms with Gasteiger partial charge in [-0.05, 0) is 49.1 Å². The van der Waals surface area contributed by atoms with Gasteiger partial charge in [-0.1, -0.05) is 31.2 Å². The Hall–Kier alpha value is -2.47. The second kappa shape index (κ2) is 8.27. The van der Waals surface area contributed by atoms with Crippen LogP contribution in [0.25, 0.3) is 0 Å². The summed E-state index contributed by atoms with van der Waals surface area (Å²) in [6, 6.07) is 12.3. The first-order valence-electron chi connectivity index (χ1n) is 9.18. The molecular formula is C20H27N5O. The van der Waals surface area contributed by atoms with Crippen LogP contribution in [0.2, 0.25) is 0 Å². The summed E-state index contributed by atoms with van der Waals surface area (Å²) in [6.07, 6.45) is 1.33. The van der Waals surface area contributed by atoms with Crippen molar-refractivity contribution in [3.63, 3.8) is 0 Å². The highest BCUT2D eigenvalue weighted by Gasteiger charge is 2.25. The van der Waals surface area contributed by atoms with Crippen molar-refractivity contribution in [1.82, 2.24) is 15.5 Å². The van der Waals surface area contributed by atoms with Gasteiger partial charge in [-0.3, -0.25) is 4.79 Å². The molecule has 0 bridgehead atoms. The zero-order valence-corrected chi connectivity index (χ0v) is 15.5. The van der Waals surface area contributed by atoms with Crippen LogP contribution in [0.15, 0.2) is 36.4 Å². The third kappa shape index (κ3) is 4.58. The summed E-state index contributed by atoms with van der Waals surface area (Å²) in [4.78, 5) is 14.5. The van der Waals surface area contributed by atoms with Crippen LogP contribution in [0.5, 0.6) is 0 Å². The molecule has 0 spiro atoms. The van der Waals surface area contributed by atoms with E-state index >= 15 is 0 Å². The van der Waals surface area contributed by atoms with Gasteiger partial charge in [0.15, 0.2) is 5.82 Å². The first kappa shape index (κ1) is 18.3. The molecular weight excluding hydrogens is 326 g/mol. The number of rotatable bonds is 6. The topological polar surface area (TPSA) is 84.1 Å². The number of aromatic nitrogens is 2. The SMILES string of the molecule is Cc1ccc(N2CC[C@H](NC(=O)Cc3ccc(C(C)CN)cc3)C2)nn1. The molecule has 3 rings (SSSR count). The lowest BCUT2D eigenvalue weighted by Crippen LogP contribution is -2.38. The van der Waals surface area contributed by atoms with Gasteiger partial charge in [0.2, 0.25) is 5.91 Å². The zero-order valence-electron chi connectivity index (χ0n) is 15.5. The Kier molecular flexibility index (Phi) is 5.83. The summed E-state index contributed by atoms with van der Waals surface area (Å²) >= 11 is 0. The largest absolute Gasteiger partial charge is 0.353 e. The van der Waals surface area contributed by atoms with Gasteiger partial charge in [-0.15, -0.1) is 5.10 Å². The third-order valence-electron chi connectivity index (χ3n) is 4.93. The number of aryl methyl sites for hydroxylation is 1. The quantitative estimate of drug-likeness (QED) is 0.827. The fourth-order valence-electron chi connectivity index (χ4n) is 3.21. The van der Waals surface area contributed by atoms with Crippen LogP contribution in [0.1, 0.15) is 36.1 Å². The monoisotopic (exact) mass is 353 g/mol. The van der Waals surface area contributed by atoms with E-state index in [2.05, 4.69) is 39.5 Å². The standard InChI is InChI=1S/C20H27N5O/c1-14(12-21)17-6-4-16(5-7-17)11-20(26)22-18-9-10-25(13-18)19-8-3-15(2)23-24-19/h3-8,14,18H,9-13,21H2,1-2H3,(H,22,26)/t14?,18-/m0/s1. The molecule has 138 valence electrons. The fourth-order valence-corrected chi connectivity index (χ4v) is 3.21. The maximum absolute atomic E-state index is 12.4. The van der Waals surface area contributed by atoms with Crippen molar-refractivity contribution >= 4 is 11.7 Å². The molecule has 0 radical (unpaired) electrons. The number of nitrogens with two attached hydrogens (primary N) is 1. The summed E-state index contributed by atoms with van der Waals surface area (Å²) in [6.45, 7) is 6.31. The predicted octanol–water partition coefficient (Wildman–Crippen LogP) is 1.78. The van der Waals surface area contributed by atoms with Crippen LogP contribution in [0, 0.1) is 6.92 Å². The molecule has 1 amide bonds. The normalized spacial score (nSPS) is 18.0. The summed E-state index contributed by atoms with van der Waals surface area (Å²) in [5.74, 6) is 1.27. The number of nitrogens with zero attached hydrogens (tertiary/aromatic N) is 3. The number of hydrogen-bond donors (Lipinski definition) is 2. The summed E-state index contributed by atoms with van der Waals surface area (Å²) in [5, 5.41) is 11.5. The Balaban J connectivity index is 1.50. The van der Waals surface area contributed by atoms with Crippen molar-refractivity contribution in [1.29, 1.82) is 0 Å². The summed E-state index contributed by atoms with van der Waals surface area (Å²) in [7, 11) is 0. The van der Waals surface area contributed by atoms with E-state index in [0.29, 0.717) is 18.9 Å². The van der Waals surface area contributed by atoms with Gasteiger partial charge in [0.1, 0.15) is 0 Å². The smallest absolute Gasteiger partial charge is 0.224 e. The van der Waals surface area contributed by atoms with Gasteiger partial charge in [-0.25, -0.2) is 0 Å². The van der Waals surface area contributed by atoms with Gasteiger partial charge in [0, 0.05) is 19.1 Å². The van der Waals surface area contributed by atoms with Gasteiger partial charge in [-0.2, -0.15) is 5.10 Å². The maximum Gasteiger partial charge on any atom is 0.224 e. The van der Waals surface area contributed by atoms with E-state index < -0.39 is 0 Å². The fraction of sp³-hybridized carbons (Fsp3) is 0.450. The second-order valence-electron chi connectivity index (χ2n) is 7.09. The Morgan fingerprint density at radius 2 is 2.04 bits per heavy atom. The number of amides is 1. The highest BCUT2D eigenvalue weighted by Crippen LogP contribution is 2.18. The molecule has 1 saturated heterocycles. The number of carbonyl (C=O) groups is 1.